The van der Waals surface area contributed by atoms with Crippen LogP contribution < -0.4 is 9.46 Å². The predicted octanol–water partition coefficient (Wildman–Crippen LogP) is 3.34. The molecule has 1 aromatic rings. The molecule has 158 valence electrons. The summed E-state index contributed by atoms with van der Waals surface area (Å²) in [5.41, 5.74) is 0.849. The van der Waals surface area contributed by atoms with Crippen LogP contribution in [0.5, 0.6) is 5.75 Å². The van der Waals surface area contributed by atoms with Gasteiger partial charge in [-0.15, -0.1) is 0 Å². The summed E-state index contributed by atoms with van der Waals surface area (Å²) in [6.07, 6.45) is 8.87. The molecule has 0 spiro atoms. The molecular weight excluding hydrogens is 395 g/mol. The number of hydrogen-bond acceptors (Lipinski definition) is 4. The Morgan fingerprint density at radius 1 is 1.21 bits per heavy atom. The minimum absolute atomic E-state index is 0.233. The van der Waals surface area contributed by atoms with E-state index in [1.807, 2.05) is 4.72 Å². The molecule has 1 saturated heterocycles. The molecule has 5 rings (SSSR count). The van der Waals surface area contributed by atoms with Gasteiger partial charge in [0.05, 0.1) is 12.2 Å². The Morgan fingerprint density at radius 3 is 2.66 bits per heavy atom. The molecule has 4 fully saturated rings. The predicted molar refractivity (Wildman–Crippen MR) is 105 cm³/mol. The molecule has 0 radical (unpaired) electrons. The highest BCUT2D eigenvalue weighted by Crippen LogP contribution is 2.61. The minimum Gasteiger partial charge on any atom is -0.493 e. The highest BCUT2D eigenvalue weighted by molar-refractivity contribution is 7.87. The van der Waals surface area contributed by atoms with Gasteiger partial charge in [-0.3, -0.25) is 4.79 Å². The highest BCUT2D eigenvalue weighted by atomic mass is 32.2. The van der Waals surface area contributed by atoms with Crippen LogP contribution in [-0.2, 0) is 10.2 Å². The second-order valence-electron chi connectivity index (χ2n) is 9.13. The molecule has 2 atom stereocenters. The van der Waals surface area contributed by atoms with Crippen molar-refractivity contribution in [1.29, 1.82) is 0 Å². The summed E-state index contributed by atoms with van der Waals surface area (Å²) in [6.45, 7) is 1.37. The van der Waals surface area contributed by atoms with Crippen molar-refractivity contribution < 1.29 is 22.3 Å². The van der Waals surface area contributed by atoms with E-state index in [9.17, 15) is 17.6 Å². The van der Waals surface area contributed by atoms with Crippen LogP contribution in [0.2, 0.25) is 0 Å². The van der Waals surface area contributed by atoms with Gasteiger partial charge in [-0.1, -0.05) is 12.8 Å². The molecule has 1 amide bonds. The molecule has 6 nitrogen and oxygen atoms in total. The largest absolute Gasteiger partial charge is 0.493 e. The normalized spacial score (nSPS) is 28.9. The number of fused-ring (bicyclic) bond motifs is 1. The first-order valence-electron chi connectivity index (χ1n) is 10.7. The van der Waals surface area contributed by atoms with Gasteiger partial charge in [0.25, 0.3) is 5.91 Å². The number of hydrogen-bond donors (Lipinski definition) is 1. The van der Waals surface area contributed by atoms with E-state index >= 15 is 0 Å². The molecule has 0 aromatic heterocycles. The number of carbonyl (C=O) groups excluding carboxylic acids is 1. The van der Waals surface area contributed by atoms with Gasteiger partial charge in [-0.05, 0) is 62.0 Å². The molecule has 3 aliphatic carbocycles. The summed E-state index contributed by atoms with van der Waals surface area (Å²) in [5, 5.41) is 0. The van der Waals surface area contributed by atoms with Crippen molar-refractivity contribution in [3.63, 3.8) is 0 Å². The molecule has 8 heteroatoms. The van der Waals surface area contributed by atoms with Gasteiger partial charge in [0.2, 0.25) is 0 Å². The zero-order valence-corrected chi connectivity index (χ0v) is 17.3. The van der Waals surface area contributed by atoms with Gasteiger partial charge >= 0.3 is 10.2 Å². The Morgan fingerprint density at radius 2 is 2.00 bits per heavy atom. The molecule has 1 heterocycles. The van der Waals surface area contributed by atoms with Crippen LogP contribution in [0.25, 0.3) is 0 Å². The van der Waals surface area contributed by atoms with Crippen molar-refractivity contribution in [2.75, 3.05) is 19.7 Å². The number of benzene rings is 1. The molecule has 1 aliphatic heterocycles. The molecule has 1 N–H and O–H groups in total. The third-order valence-electron chi connectivity index (χ3n) is 7.09. The molecule has 3 saturated carbocycles. The van der Waals surface area contributed by atoms with Crippen molar-refractivity contribution in [3.8, 4) is 5.75 Å². The Kier molecular flexibility index (Phi) is 4.62. The van der Waals surface area contributed by atoms with Crippen LogP contribution in [0, 0.1) is 17.2 Å². The fourth-order valence-electron chi connectivity index (χ4n) is 4.83. The maximum atomic E-state index is 14.8. The van der Waals surface area contributed by atoms with Crippen LogP contribution in [0.15, 0.2) is 12.1 Å². The van der Waals surface area contributed by atoms with Gasteiger partial charge in [0.15, 0.2) is 0 Å². The smallest absolute Gasteiger partial charge is 0.304 e. The van der Waals surface area contributed by atoms with Crippen LogP contribution in [-0.4, -0.2) is 38.3 Å². The first-order chi connectivity index (χ1) is 13.9. The fraction of sp³-hybridized carbons (Fsp3) is 0.667. The number of ether oxygens (including phenoxy) is 1. The monoisotopic (exact) mass is 422 g/mol. The van der Waals surface area contributed by atoms with Crippen molar-refractivity contribution in [1.82, 2.24) is 9.03 Å². The lowest BCUT2D eigenvalue weighted by Crippen LogP contribution is -2.49. The Hall–Kier alpha value is -1.67. The first-order valence-corrected chi connectivity index (χ1v) is 12.1. The fourth-order valence-corrected chi connectivity index (χ4v) is 6.05. The maximum Gasteiger partial charge on any atom is 0.304 e. The average Bonchev–Trinajstić information content (AvgIpc) is 3.50. The third kappa shape index (κ3) is 3.65. The SMILES string of the molecule is O=C(NS(=O)(=O)N1CCC1)c1cc(C2CC2)c(OC[C@@]23CCCC[C@@H]2C3)cc1F. The number of nitrogens with zero attached hydrogens (tertiary/aromatic N) is 1. The lowest BCUT2D eigenvalue weighted by atomic mass is 9.89. The third-order valence-corrected chi connectivity index (χ3v) is 8.58. The second-order valence-corrected chi connectivity index (χ2v) is 10.8. The standard InChI is InChI=1S/C21H27FN2O4S/c22-18-11-19(28-13-21-7-2-1-4-15(21)12-21)16(14-5-6-14)10-17(18)20(25)23-29(26,27)24-8-3-9-24/h10-11,14-15H,1-9,12-13H2,(H,23,25)/t15-,21+/m1/s1. The molecule has 29 heavy (non-hydrogen) atoms. The van der Waals surface area contributed by atoms with Crippen LogP contribution in [0.3, 0.4) is 0 Å². The van der Waals surface area contributed by atoms with E-state index in [0.29, 0.717) is 25.4 Å². The van der Waals surface area contributed by atoms with Crippen LogP contribution in [0.4, 0.5) is 4.39 Å². The maximum absolute atomic E-state index is 14.8. The summed E-state index contributed by atoms with van der Waals surface area (Å²) < 4.78 is 48.4. The van der Waals surface area contributed by atoms with E-state index < -0.39 is 21.9 Å². The van der Waals surface area contributed by atoms with Gasteiger partial charge in [0.1, 0.15) is 11.6 Å². The number of halogens is 1. The van der Waals surface area contributed by atoms with E-state index in [4.69, 9.17) is 4.74 Å². The minimum atomic E-state index is -3.91. The van der Waals surface area contributed by atoms with Crippen molar-refractivity contribution in [2.24, 2.45) is 11.3 Å². The summed E-state index contributed by atoms with van der Waals surface area (Å²) in [7, 11) is -3.91. The number of nitrogens with one attached hydrogen (secondary N) is 1. The molecule has 0 unspecified atom stereocenters. The number of carbonyl (C=O) groups is 1. The first kappa shape index (κ1) is 19.3. The van der Waals surface area contributed by atoms with Gasteiger partial charge in [-0.25, -0.2) is 9.11 Å². The lowest BCUT2D eigenvalue weighted by Gasteiger charge is -2.29. The van der Waals surface area contributed by atoms with E-state index in [1.54, 1.807) is 0 Å². The molecular formula is C21H27FN2O4S. The zero-order valence-electron chi connectivity index (χ0n) is 16.5. The van der Waals surface area contributed by atoms with Crippen molar-refractivity contribution in [2.45, 2.75) is 57.3 Å². The Balaban J connectivity index is 1.34. The number of amides is 1. The lowest BCUT2D eigenvalue weighted by molar-refractivity contribution is 0.0973. The summed E-state index contributed by atoms with van der Waals surface area (Å²) in [5.74, 6) is -0.159. The molecule has 0 bridgehead atoms. The number of rotatable bonds is 7. The topological polar surface area (TPSA) is 75.7 Å². The van der Waals surface area contributed by atoms with Crippen LogP contribution in [0.1, 0.15) is 73.2 Å². The van der Waals surface area contributed by atoms with E-state index in [1.165, 1.54) is 48.5 Å². The van der Waals surface area contributed by atoms with Gasteiger partial charge in [-0.2, -0.15) is 12.7 Å². The van der Waals surface area contributed by atoms with Gasteiger partial charge < -0.3 is 4.74 Å². The molecule has 1 aromatic carbocycles. The van der Waals surface area contributed by atoms with E-state index in [0.717, 1.165) is 30.7 Å². The quantitative estimate of drug-likeness (QED) is 0.731. The van der Waals surface area contributed by atoms with E-state index in [2.05, 4.69) is 0 Å². The summed E-state index contributed by atoms with van der Waals surface area (Å²) in [6, 6.07) is 2.77. The highest BCUT2D eigenvalue weighted by Gasteiger charge is 2.55. The average molecular weight is 423 g/mol. The summed E-state index contributed by atoms with van der Waals surface area (Å²) in [4.78, 5) is 12.5. The second kappa shape index (κ2) is 6.94. The summed E-state index contributed by atoms with van der Waals surface area (Å²) >= 11 is 0. The van der Waals surface area contributed by atoms with Crippen molar-refractivity contribution in [3.05, 3.63) is 29.1 Å². The molecule has 4 aliphatic rings. The van der Waals surface area contributed by atoms with Crippen molar-refractivity contribution >= 4 is 16.1 Å². The Bertz CT molecular complexity index is 942. The van der Waals surface area contributed by atoms with E-state index in [-0.39, 0.29) is 16.9 Å². The Labute approximate surface area is 171 Å². The van der Waals surface area contributed by atoms with Gasteiger partial charge in [0, 0.05) is 24.6 Å². The van der Waals surface area contributed by atoms with Crippen LogP contribution >= 0.6 is 0 Å². The zero-order chi connectivity index (χ0) is 20.2.